The van der Waals surface area contributed by atoms with Crippen LogP contribution in [0.2, 0.25) is 0 Å². The lowest BCUT2D eigenvalue weighted by Crippen LogP contribution is -2.28. The zero-order chi connectivity index (χ0) is 22.6. The van der Waals surface area contributed by atoms with Crippen LogP contribution in [-0.4, -0.2) is 41.1 Å². The monoisotopic (exact) mass is 458 g/mol. The number of nitrogens with zero attached hydrogens (tertiary/aromatic N) is 3. The fourth-order valence-corrected chi connectivity index (χ4v) is 4.62. The summed E-state index contributed by atoms with van der Waals surface area (Å²) in [5.41, 5.74) is 2.98. The number of hydrogen-bond donors (Lipinski definition) is 1. The smallest absolute Gasteiger partial charge is 0.230 e. The minimum Gasteiger partial charge on any atom is -0.349 e. The number of benzene rings is 2. The van der Waals surface area contributed by atoms with E-state index in [2.05, 4.69) is 21.6 Å². The molecule has 2 aromatic carbocycles. The minimum absolute atomic E-state index is 0.132. The van der Waals surface area contributed by atoms with E-state index in [4.69, 9.17) is 0 Å². The first-order valence-corrected chi connectivity index (χ1v) is 12.8. The van der Waals surface area contributed by atoms with E-state index in [1.807, 2.05) is 43.5 Å². The predicted octanol–water partition coefficient (Wildman–Crippen LogP) is 3.65. The summed E-state index contributed by atoms with van der Waals surface area (Å²) < 4.78 is 25.2. The van der Waals surface area contributed by atoms with Gasteiger partial charge in [0.15, 0.2) is 20.8 Å². The Balaban J connectivity index is 1.63. The third kappa shape index (κ3) is 5.74. The van der Waals surface area contributed by atoms with Gasteiger partial charge in [-0.1, -0.05) is 47.7 Å². The maximum absolute atomic E-state index is 12.5. The van der Waals surface area contributed by atoms with Crippen LogP contribution in [0.15, 0.2) is 58.6 Å². The van der Waals surface area contributed by atoms with Crippen LogP contribution in [0.25, 0.3) is 11.4 Å². The molecule has 1 heterocycles. The molecule has 1 atom stereocenters. The molecule has 31 heavy (non-hydrogen) atoms. The Morgan fingerprint density at radius 1 is 1.16 bits per heavy atom. The molecule has 3 rings (SSSR count). The molecule has 0 aliphatic rings. The Hall–Kier alpha value is -2.65. The molecule has 9 heteroatoms. The predicted molar refractivity (Wildman–Crippen MR) is 123 cm³/mol. The Morgan fingerprint density at radius 2 is 1.87 bits per heavy atom. The lowest BCUT2D eigenvalue weighted by Gasteiger charge is -2.14. The molecular weight excluding hydrogens is 432 g/mol. The van der Waals surface area contributed by atoms with Crippen LogP contribution in [0.1, 0.15) is 31.0 Å². The molecule has 1 N–H and O–H groups in total. The molecule has 0 saturated carbocycles. The minimum atomic E-state index is -3.24. The van der Waals surface area contributed by atoms with Gasteiger partial charge in [0.1, 0.15) is 0 Å². The van der Waals surface area contributed by atoms with Crippen LogP contribution in [0.3, 0.4) is 0 Å². The molecule has 0 fully saturated rings. The van der Waals surface area contributed by atoms with Crippen molar-refractivity contribution in [2.75, 3.05) is 12.0 Å². The van der Waals surface area contributed by atoms with Gasteiger partial charge in [0.05, 0.1) is 16.7 Å². The summed E-state index contributed by atoms with van der Waals surface area (Å²) in [7, 11) is -3.24. The van der Waals surface area contributed by atoms with Crippen LogP contribution >= 0.6 is 11.8 Å². The van der Waals surface area contributed by atoms with Gasteiger partial charge in [-0.05, 0) is 44.5 Å². The number of amides is 1. The van der Waals surface area contributed by atoms with Gasteiger partial charge in [-0.3, -0.25) is 4.79 Å². The topological polar surface area (TPSA) is 94.0 Å². The third-order valence-corrected chi connectivity index (χ3v) is 6.92. The molecule has 7 nitrogen and oxygen atoms in total. The van der Waals surface area contributed by atoms with Gasteiger partial charge in [0.2, 0.25) is 5.91 Å². The number of rotatable bonds is 8. The molecule has 0 radical (unpaired) electrons. The summed E-state index contributed by atoms with van der Waals surface area (Å²) in [6.45, 7) is 6.62. The first kappa shape index (κ1) is 23.0. The summed E-state index contributed by atoms with van der Waals surface area (Å²) in [4.78, 5) is 12.7. The van der Waals surface area contributed by atoms with Crippen molar-refractivity contribution in [2.45, 2.75) is 43.4 Å². The highest BCUT2D eigenvalue weighted by molar-refractivity contribution is 7.99. The Bertz CT molecular complexity index is 1170. The highest BCUT2D eigenvalue weighted by Crippen LogP contribution is 2.25. The summed E-state index contributed by atoms with van der Waals surface area (Å²) in [6, 6.07) is 14.4. The molecule has 1 aromatic heterocycles. The molecule has 1 unspecified atom stereocenters. The van der Waals surface area contributed by atoms with Crippen molar-refractivity contribution >= 4 is 27.5 Å². The molecule has 164 valence electrons. The van der Waals surface area contributed by atoms with Crippen molar-refractivity contribution < 1.29 is 13.2 Å². The summed E-state index contributed by atoms with van der Waals surface area (Å²) in [5.74, 6) is 0.860. The second-order valence-electron chi connectivity index (χ2n) is 7.34. The van der Waals surface area contributed by atoms with Crippen molar-refractivity contribution in [1.82, 2.24) is 20.1 Å². The maximum atomic E-state index is 12.5. The number of sulfone groups is 1. The number of hydrogen-bond acceptors (Lipinski definition) is 6. The number of carbonyl (C=O) groups excluding carboxylic acids is 1. The molecular formula is C22H26N4O3S2. The second-order valence-corrected chi connectivity index (χ2v) is 10.3. The summed E-state index contributed by atoms with van der Waals surface area (Å²) in [6.07, 6.45) is 1.17. The first-order chi connectivity index (χ1) is 14.7. The van der Waals surface area contributed by atoms with E-state index in [9.17, 15) is 13.2 Å². The Labute approximate surface area is 187 Å². The lowest BCUT2D eigenvalue weighted by molar-refractivity contribution is -0.119. The van der Waals surface area contributed by atoms with Gasteiger partial charge in [0.25, 0.3) is 0 Å². The average molecular weight is 459 g/mol. The normalized spacial score (nSPS) is 12.5. The van der Waals surface area contributed by atoms with Gasteiger partial charge in [-0.2, -0.15) is 0 Å². The number of aromatic nitrogens is 3. The van der Waals surface area contributed by atoms with E-state index in [0.717, 1.165) is 22.5 Å². The largest absolute Gasteiger partial charge is 0.349 e. The van der Waals surface area contributed by atoms with Crippen molar-refractivity contribution in [3.8, 4) is 11.4 Å². The Morgan fingerprint density at radius 3 is 2.48 bits per heavy atom. The van der Waals surface area contributed by atoms with Gasteiger partial charge in [0, 0.05) is 18.4 Å². The van der Waals surface area contributed by atoms with Crippen LogP contribution in [0.5, 0.6) is 0 Å². The van der Waals surface area contributed by atoms with Gasteiger partial charge >= 0.3 is 0 Å². The Kier molecular flexibility index (Phi) is 7.17. The molecule has 0 saturated heterocycles. The highest BCUT2D eigenvalue weighted by atomic mass is 32.2. The quantitative estimate of drug-likeness (QED) is 0.518. The van der Waals surface area contributed by atoms with E-state index in [0.29, 0.717) is 11.7 Å². The zero-order valence-corrected chi connectivity index (χ0v) is 19.6. The third-order valence-electron chi connectivity index (χ3n) is 4.83. The van der Waals surface area contributed by atoms with Crippen molar-refractivity contribution in [3.05, 3.63) is 59.7 Å². The SMILES string of the molecule is CCn1c(SCC(=O)NC(C)c2ccc(S(C)(=O)=O)cc2)nnc1-c1cccc(C)c1. The number of thioether (sulfide) groups is 1. The van der Waals surface area contributed by atoms with Crippen molar-refractivity contribution in [1.29, 1.82) is 0 Å². The fourth-order valence-electron chi connectivity index (χ4n) is 3.18. The van der Waals surface area contributed by atoms with Crippen molar-refractivity contribution in [2.24, 2.45) is 0 Å². The van der Waals surface area contributed by atoms with Crippen molar-refractivity contribution in [3.63, 3.8) is 0 Å². The van der Waals surface area contributed by atoms with E-state index >= 15 is 0 Å². The molecule has 0 spiro atoms. The van der Waals surface area contributed by atoms with Crippen LogP contribution in [-0.2, 0) is 21.2 Å². The van der Waals surface area contributed by atoms with Gasteiger partial charge in [-0.25, -0.2) is 8.42 Å². The van der Waals surface area contributed by atoms with E-state index < -0.39 is 9.84 Å². The zero-order valence-electron chi connectivity index (χ0n) is 18.0. The van der Waals surface area contributed by atoms with E-state index in [1.54, 1.807) is 24.3 Å². The molecule has 0 aliphatic carbocycles. The van der Waals surface area contributed by atoms with Crippen LogP contribution in [0, 0.1) is 6.92 Å². The maximum Gasteiger partial charge on any atom is 0.230 e. The molecule has 1 amide bonds. The summed E-state index contributed by atoms with van der Waals surface area (Å²) >= 11 is 1.34. The number of nitrogens with one attached hydrogen (secondary N) is 1. The van der Waals surface area contributed by atoms with E-state index in [1.165, 1.54) is 18.0 Å². The molecule has 0 bridgehead atoms. The fraction of sp³-hybridized carbons (Fsp3) is 0.318. The standard InChI is InChI=1S/C22H26N4O3S2/c1-5-26-21(18-8-6-7-15(2)13-18)24-25-22(26)30-14-20(27)23-16(3)17-9-11-19(12-10-17)31(4,28)29/h6-13,16H,5,14H2,1-4H3,(H,23,27). The summed E-state index contributed by atoms with van der Waals surface area (Å²) in [5, 5.41) is 12.2. The average Bonchev–Trinajstić information content (AvgIpc) is 3.14. The molecule has 0 aliphatic heterocycles. The molecule has 3 aromatic rings. The number of aryl methyl sites for hydroxylation is 1. The van der Waals surface area contributed by atoms with E-state index in [-0.39, 0.29) is 22.6 Å². The highest BCUT2D eigenvalue weighted by Gasteiger charge is 2.16. The van der Waals surface area contributed by atoms with Crippen LogP contribution in [0.4, 0.5) is 0 Å². The van der Waals surface area contributed by atoms with Gasteiger partial charge in [-0.15, -0.1) is 10.2 Å². The van der Waals surface area contributed by atoms with Crippen LogP contribution < -0.4 is 5.32 Å². The lowest BCUT2D eigenvalue weighted by atomic mass is 10.1. The van der Waals surface area contributed by atoms with Gasteiger partial charge < -0.3 is 9.88 Å². The first-order valence-electron chi connectivity index (χ1n) is 9.91. The second kappa shape index (κ2) is 9.65. The number of carbonyl (C=O) groups is 1.